The van der Waals surface area contributed by atoms with Gasteiger partial charge in [-0.3, -0.25) is 0 Å². The minimum absolute atomic E-state index is 0.262. The van der Waals surface area contributed by atoms with Gasteiger partial charge in [-0.05, 0) is 12.1 Å². The van der Waals surface area contributed by atoms with Gasteiger partial charge in [0.2, 0.25) is 0 Å². The van der Waals surface area contributed by atoms with Crippen molar-refractivity contribution in [3.8, 4) is 5.75 Å². The van der Waals surface area contributed by atoms with E-state index in [4.69, 9.17) is 0 Å². The molecule has 0 bridgehead atoms. The van der Waals surface area contributed by atoms with E-state index < -0.39 is 16.8 Å². The molecule has 0 atom stereocenters. The van der Waals surface area contributed by atoms with Gasteiger partial charge in [0.25, 0.3) is 0 Å². The van der Waals surface area contributed by atoms with Gasteiger partial charge >= 0.3 is 16.8 Å². The molecule has 0 aliphatic heterocycles. The number of hydrogen-bond acceptors (Lipinski definition) is 4. The summed E-state index contributed by atoms with van der Waals surface area (Å²) in [6.45, 7) is 0. The van der Waals surface area contributed by atoms with Crippen LogP contribution in [-0.2, 0) is 14.6 Å². The fraction of sp³-hybridized carbons (Fsp3) is 0.143. The van der Waals surface area contributed by atoms with E-state index >= 15 is 0 Å². The summed E-state index contributed by atoms with van der Waals surface area (Å²) in [5.41, 5.74) is 0. The normalized spacial score (nSPS) is 12.5. The number of halogens is 3. The van der Waals surface area contributed by atoms with E-state index in [0.29, 0.717) is 0 Å². The Kier molecular flexibility index (Phi) is 3.20. The summed E-state index contributed by atoms with van der Waals surface area (Å²) in [5, 5.41) is 0. The molecule has 1 aromatic carbocycles. The average molecular weight is 242 g/mol. The van der Waals surface area contributed by atoms with Gasteiger partial charge in [0.05, 0.1) is 0 Å². The minimum atomic E-state index is -5.30. The molecule has 84 valence electrons. The van der Waals surface area contributed by atoms with Crippen molar-refractivity contribution in [1.82, 2.24) is 0 Å². The highest BCUT2D eigenvalue weighted by atomic mass is 32.3. The molecule has 0 amide bonds. The second-order valence-electron chi connectivity index (χ2n) is 2.33. The number of benzene rings is 1. The summed E-state index contributed by atoms with van der Waals surface area (Å²) in [6, 6.07) is 6.70. The molecule has 0 spiro atoms. The average Bonchev–Trinajstić information content (AvgIpc) is 1.99. The first-order chi connectivity index (χ1) is 6.79. The van der Waals surface area contributed by atoms with Crippen molar-refractivity contribution in [3.63, 3.8) is 0 Å². The summed E-state index contributed by atoms with van der Waals surface area (Å²) in [4.78, 5) is 0. The number of rotatable bonds is 3. The molecule has 0 saturated heterocycles. The summed E-state index contributed by atoms with van der Waals surface area (Å²) in [7, 11) is -5.12. The molecule has 0 aliphatic rings. The zero-order valence-corrected chi connectivity index (χ0v) is 7.88. The molecule has 0 N–H and O–H groups in total. The van der Waals surface area contributed by atoms with Crippen LogP contribution in [0, 0.1) is 0 Å². The topological polar surface area (TPSA) is 52.6 Å². The highest BCUT2D eigenvalue weighted by Gasteiger charge is 2.38. The number of para-hydroxylation sites is 1. The first-order valence-electron chi connectivity index (χ1n) is 3.55. The maximum atomic E-state index is 11.6. The largest absolute Gasteiger partial charge is 0.539 e. The molecular weight excluding hydrogens is 237 g/mol. The van der Waals surface area contributed by atoms with E-state index in [1.165, 1.54) is 24.3 Å². The molecular formula is C7H5F3O4S. The van der Waals surface area contributed by atoms with E-state index in [0.717, 1.165) is 0 Å². The van der Waals surface area contributed by atoms with Crippen LogP contribution in [0.4, 0.5) is 13.2 Å². The molecule has 0 fully saturated rings. The fourth-order valence-corrected chi connectivity index (χ4v) is 1.34. The van der Waals surface area contributed by atoms with Crippen LogP contribution in [0.1, 0.15) is 0 Å². The minimum Gasteiger partial charge on any atom is -0.361 e. The highest BCUT2D eigenvalue weighted by Crippen LogP contribution is 2.21. The third kappa shape index (κ3) is 4.66. The predicted octanol–water partition coefficient (Wildman–Crippen LogP) is 1.85. The van der Waals surface area contributed by atoms with E-state index in [9.17, 15) is 21.6 Å². The van der Waals surface area contributed by atoms with Crippen molar-refractivity contribution in [2.75, 3.05) is 0 Å². The molecule has 0 heterocycles. The van der Waals surface area contributed by atoms with E-state index in [2.05, 4.69) is 8.37 Å². The molecule has 0 aliphatic carbocycles. The van der Waals surface area contributed by atoms with E-state index in [1.54, 1.807) is 6.07 Å². The number of alkyl halides is 3. The van der Waals surface area contributed by atoms with Crippen LogP contribution in [0.2, 0.25) is 0 Å². The zero-order valence-electron chi connectivity index (χ0n) is 7.06. The van der Waals surface area contributed by atoms with Crippen LogP contribution in [0.25, 0.3) is 0 Å². The molecule has 0 radical (unpaired) electrons. The Morgan fingerprint density at radius 1 is 1.07 bits per heavy atom. The first kappa shape index (κ1) is 11.8. The van der Waals surface area contributed by atoms with E-state index in [1.807, 2.05) is 0 Å². The molecule has 4 nitrogen and oxygen atoms in total. The van der Waals surface area contributed by atoms with Gasteiger partial charge < -0.3 is 4.18 Å². The Balaban J connectivity index is 2.74. The second kappa shape index (κ2) is 4.07. The van der Waals surface area contributed by atoms with Crippen molar-refractivity contribution in [3.05, 3.63) is 30.3 Å². The van der Waals surface area contributed by atoms with Gasteiger partial charge in [-0.2, -0.15) is 8.42 Å². The Hall–Kier alpha value is -1.28. The zero-order chi connectivity index (χ0) is 11.5. The SMILES string of the molecule is O=S(=O)(Oc1ccccc1)OC(F)(F)F. The monoisotopic (exact) mass is 242 g/mol. The molecule has 0 unspecified atom stereocenters. The lowest BCUT2D eigenvalue weighted by molar-refractivity contribution is -0.274. The lowest BCUT2D eigenvalue weighted by Crippen LogP contribution is -2.23. The third-order valence-electron chi connectivity index (χ3n) is 1.14. The van der Waals surface area contributed by atoms with Crippen LogP contribution in [0.5, 0.6) is 5.75 Å². The lowest BCUT2D eigenvalue weighted by atomic mass is 10.3. The molecule has 1 aromatic rings. The molecule has 8 heteroatoms. The van der Waals surface area contributed by atoms with Crippen molar-refractivity contribution in [2.45, 2.75) is 6.36 Å². The van der Waals surface area contributed by atoms with Gasteiger partial charge in [-0.1, -0.05) is 18.2 Å². The van der Waals surface area contributed by atoms with Crippen LogP contribution >= 0.6 is 0 Å². The first-order valence-corrected chi connectivity index (χ1v) is 4.89. The summed E-state index contributed by atoms with van der Waals surface area (Å²) in [5.74, 6) is -0.262. The van der Waals surface area contributed by atoms with Crippen molar-refractivity contribution in [1.29, 1.82) is 0 Å². The van der Waals surface area contributed by atoms with Gasteiger partial charge in [-0.25, -0.2) is 0 Å². The van der Waals surface area contributed by atoms with Crippen molar-refractivity contribution in [2.24, 2.45) is 0 Å². The number of hydrogen-bond donors (Lipinski definition) is 0. The Labute approximate surface area is 83.6 Å². The quantitative estimate of drug-likeness (QED) is 0.811. The van der Waals surface area contributed by atoms with Gasteiger partial charge in [0, 0.05) is 0 Å². The van der Waals surface area contributed by atoms with Crippen LogP contribution in [-0.4, -0.2) is 14.8 Å². The highest BCUT2D eigenvalue weighted by molar-refractivity contribution is 7.82. The smallest absolute Gasteiger partial charge is 0.361 e. The third-order valence-corrected chi connectivity index (χ3v) is 1.93. The van der Waals surface area contributed by atoms with E-state index in [-0.39, 0.29) is 5.75 Å². The summed E-state index contributed by atoms with van der Waals surface area (Å²) < 4.78 is 62.8. The van der Waals surface area contributed by atoms with Gasteiger partial charge in [-0.15, -0.1) is 17.4 Å². The fourth-order valence-electron chi connectivity index (χ4n) is 0.727. The maximum absolute atomic E-state index is 11.6. The molecule has 15 heavy (non-hydrogen) atoms. The van der Waals surface area contributed by atoms with Crippen LogP contribution < -0.4 is 4.18 Å². The Bertz CT molecular complexity index is 412. The van der Waals surface area contributed by atoms with Crippen LogP contribution in [0.15, 0.2) is 30.3 Å². The molecule has 1 rings (SSSR count). The molecule has 0 saturated carbocycles. The van der Waals surface area contributed by atoms with Crippen molar-refractivity contribution < 1.29 is 30.0 Å². The van der Waals surface area contributed by atoms with Crippen molar-refractivity contribution >= 4 is 10.4 Å². The predicted molar refractivity (Wildman–Crippen MR) is 43.1 cm³/mol. The lowest BCUT2D eigenvalue weighted by Gasteiger charge is -2.08. The van der Waals surface area contributed by atoms with Gasteiger partial charge in [0.1, 0.15) is 5.75 Å². The molecule has 0 aromatic heterocycles. The van der Waals surface area contributed by atoms with Crippen LogP contribution in [0.3, 0.4) is 0 Å². The second-order valence-corrected chi connectivity index (χ2v) is 3.48. The summed E-state index contributed by atoms with van der Waals surface area (Å²) >= 11 is 0. The maximum Gasteiger partial charge on any atom is 0.539 e. The Morgan fingerprint density at radius 3 is 2.07 bits per heavy atom. The Morgan fingerprint density at radius 2 is 1.60 bits per heavy atom. The standard InChI is InChI=1S/C7H5F3O4S/c8-7(9,10)14-15(11,12)13-6-4-2-1-3-5-6/h1-5H. The summed E-state index contributed by atoms with van der Waals surface area (Å²) in [6.07, 6.45) is -5.30. The van der Waals surface area contributed by atoms with Gasteiger partial charge in [0.15, 0.2) is 0 Å².